The fraction of sp³-hybridized carbons (Fsp3) is 0.308. The molecule has 1 amide bonds. The number of anilines is 1. The molecule has 0 radical (unpaired) electrons. The van der Waals surface area contributed by atoms with Gasteiger partial charge in [-0.05, 0) is 19.1 Å². The lowest BCUT2D eigenvalue weighted by atomic mass is 10.2. The third-order valence-electron chi connectivity index (χ3n) is 2.93. The molecule has 1 aromatic carbocycles. The largest absolute Gasteiger partial charge is 0.370 e. The number of hydrogen-bond donors (Lipinski definition) is 1. The zero-order valence-electron chi connectivity index (χ0n) is 10.8. The molecule has 0 aliphatic carbocycles. The van der Waals surface area contributed by atoms with Crippen LogP contribution < -0.4 is 5.32 Å². The van der Waals surface area contributed by atoms with E-state index in [9.17, 15) is 9.70 Å². The topological polar surface area (TPSA) is 71.0 Å². The first-order valence-electron chi connectivity index (χ1n) is 5.86. The molecule has 1 heterocycles. The predicted octanol–water partition coefficient (Wildman–Crippen LogP) is 1.83. The van der Waals surface area contributed by atoms with Gasteiger partial charge in [0.1, 0.15) is 0 Å². The van der Waals surface area contributed by atoms with E-state index in [4.69, 9.17) is 4.74 Å². The summed E-state index contributed by atoms with van der Waals surface area (Å²) in [5.74, 6) is -0.271. The van der Waals surface area contributed by atoms with E-state index in [1.807, 2.05) is 31.2 Å². The minimum absolute atomic E-state index is 0.187. The maximum Gasteiger partial charge on any atom is 0.255 e. The summed E-state index contributed by atoms with van der Waals surface area (Å²) in [5, 5.41) is 6.68. The highest BCUT2D eigenvalue weighted by molar-refractivity contribution is 6.04. The highest BCUT2D eigenvalue weighted by Gasteiger charge is 2.24. The van der Waals surface area contributed by atoms with Gasteiger partial charge >= 0.3 is 0 Å². The summed E-state index contributed by atoms with van der Waals surface area (Å²) >= 11 is 0. The van der Waals surface area contributed by atoms with Crippen molar-refractivity contribution in [2.45, 2.75) is 6.92 Å². The molecule has 19 heavy (non-hydrogen) atoms. The van der Waals surface area contributed by atoms with Gasteiger partial charge in [-0.15, -0.1) is 4.91 Å². The summed E-state index contributed by atoms with van der Waals surface area (Å²) < 4.78 is 5.20. The number of nitrogens with zero attached hydrogens (tertiary/aromatic N) is 2. The smallest absolute Gasteiger partial charge is 0.255 e. The van der Waals surface area contributed by atoms with E-state index in [1.165, 1.54) is 7.05 Å². The van der Waals surface area contributed by atoms with E-state index in [2.05, 4.69) is 10.6 Å². The average Bonchev–Trinajstić information content (AvgIpc) is 2.90. The van der Waals surface area contributed by atoms with Crippen LogP contribution >= 0.6 is 0 Å². The molecule has 100 valence electrons. The van der Waals surface area contributed by atoms with E-state index in [0.29, 0.717) is 17.0 Å². The summed E-state index contributed by atoms with van der Waals surface area (Å²) in [5.41, 5.74) is 2.75. The summed E-state index contributed by atoms with van der Waals surface area (Å²) in [6.07, 6.45) is 0. The lowest BCUT2D eigenvalue weighted by Gasteiger charge is -2.11. The predicted molar refractivity (Wildman–Crippen MR) is 71.2 cm³/mol. The minimum atomic E-state index is -0.271. The minimum Gasteiger partial charge on any atom is -0.370 e. The van der Waals surface area contributed by atoms with Crippen LogP contribution in [0, 0.1) is 11.8 Å². The molecular weight excluding hydrogens is 246 g/mol. The second-order valence-electron chi connectivity index (χ2n) is 4.34. The Morgan fingerprint density at radius 1 is 1.32 bits per heavy atom. The normalized spacial score (nSPS) is 14.4. The van der Waals surface area contributed by atoms with Gasteiger partial charge in [0.05, 0.1) is 29.8 Å². The van der Waals surface area contributed by atoms with Crippen molar-refractivity contribution in [2.75, 3.05) is 25.6 Å². The Bertz CT molecular complexity index is 522. The number of nitrogens with one attached hydrogen (secondary N) is 1. The second-order valence-corrected chi connectivity index (χ2v) is 4.34. The Morgan fingerprint density at radius 2 is 2.00 bits per heavy atom. The van der Waals surface area contributed by atoms with Gasteiger partial charge in [-0.3, -0.25) is 4.79 Å². The number of carbonyl (C=O) groups is 1. The molecule has 1 aromatic rings. The van der Waals surface area contributed by atoms with Crippen LogP contribution in [0.4, 0.5) is 5.69 Å². The van der Waals surface area contributed by atoms with E-state index in [0.717, 1.165) is 10.6 Å². The Labute approximate surface area is 111 Å². The van der Waals surface area contributed by atoms with Crippen molar-refractivity contribution in [2.24, 2.45) is 5.29 Å². The molecule has 0 aromatic heterocycles. The molecule has 0 spiro atoms. The Hall–Kier alpha value is -2.21. The van der Waals surface area contributed by atoms with Gasteiger partial charge in [0.15, 0.2) is 0 Å². The Balaban J connectivity index is 2.15. The first-order chi connectivity index (χ1) is 9.11. The lowest BCUT2D eigenvalue weighted by Crippen LogP contribution is -2.20. The number of amides is 1. The number of aryl methyl sites for hydroxylation is 1. The van der Waals surface area contributed by atoms with E-state index in [-0.39, 0.29) is 19.1 Å². The number of benzene rings is 1. The van der Waals surface area contributed by atoms with Gasteiger partial charge in [0.25, 0.3) is 5.91 Å². The molecule has 2 rings (SSSR count). The van der Waals surface area contributed by atoms with Crippen LogP contribution in [0.2, 0.25) is 0 Å². The standard InChI is InChI=1S/C13H15N3O3/c1-9-3-5-10(6-4-9)14-13(17)11-7-19-8-12(11)16(2)15-18/h3-6H,7-8H2,1-2H3,(H,14,17). The van der Waals surface area contributed by atoms with Gasteiger partial charge in [-0.1, -0.05) is 17.7 Å². The van der Waals surface area contributed by atoms with Crippen molar-refractivity contribution in [1.29, 1.82) is 0 Å². The van der Waals surface area contributed by atoms with Crippen molar-refractivity contribution >= 4 is 11.6 Å². The zero-order chi connectivity index (χ0) is 13.8. The van der Waals surface area contributed by atoms with Crippen molar-refractivity contribution in [1.82, 2.24) is 5.01 Å². The van der Waals surface area contributed by atoms with E-state index in [1.54, 1.807) is 0 Å². The second kappa shape index (κ2) is 5.62. The monoisotopic (exact) mass is 261 g/mol. The molecule has 1 aliphatic rings. The number of carbonyl (C=O) groups excluding carboxylic acids is 1. The van der Waals surface area contributed by atoms with Gasteiger partial charge in [0, 0.05) is 12.7 Å². The molecule has 1 N–H and O–H groups in total. The van der Waals surface area contributed by atoms with E-state index >= 15 is 0 Å². The SMILES string of the molecule is Cc1ccc(NC(=O)C2=C(N(C)N=O)COC2)cc1. The summed E-state index contributed by atoms with van der Waals surface area (Å²) in [7, 11) is 1.50. The van der Waals surface area contributed by atoms with Gasteiger partial charge in [-0.2, -0.15) is 0 Å². The van der Waals surface area contributed by atoms with Gasteiger partial charge in [-0.25, -0.2) is 5.01 Å². The fourth-order valence-corrected chi connectivity index (χ4v) is 1.80. The molecule has 6 heteroatoms. The number of nitroso groups, excluding NO2 is 1. The van der Waals surface area contributed by atoms with Crippen molar-refractivity contribution in [3.8, 4) is 0 Å². The maximum absolute atomic E-state index is 12.1. The van der Waals surface area contributed by atoms with Crippen LogP contribution in [0.5, 0.6) is 0 Å². The molecule has 0 saturated carbocycles. The van der Waals surface area contributed by atoms with Gasteiger partial charge < -0.3 is 10.1 Å². The van der Waals surface area contributed by atoms with E-state index < -0.39 is 0 Å². The Kier molecular flexibility index (Phi) is 3.91. The highest BCUT2D eigenvalue weighted by Crippen LogP contribution is 2.19. The number of rotatable bonds is 4. The molecule has 0 atom stereocenters. The molecule has 1 aliphatic heterocycles. The van der Waals surface area contributed by atoms with Crippen LogP contribution in [0.25, 0.3) is 0 Å². The molecule has 0 bridgehead atoms. The fourth-order valence-electron chi connectivity index (χ4n) is 1.80. The van der Waals surface area contributed by atoms with Crippen LogP contribution in [-0.4, -0.2) is 31.2 Å². The van der Waals surface area contributed by atoms with Crippen molar-refractivity contribution in [3.63, 3.8) is 0 Å². The quantitative estimate of drug-likeness (QED) is 0.663. The molecule has 0 saturated heterocycles. The van der Waals surface area contributed by atoms with Gasteiger partial charge in [0.2, 0.25) is 0 Å². The number of likely N-dealkylation sites (N-methyl/N-ethyl adjacent to an activating group) is 1. The molecule has 6 nitrogen and oxygen atoms in total. The summed E-state index contributed by atoms with van der Waals surface area (Å²) in [4.78, 5) is 22.6. The number of hydrogen-bond acceptors (Lipinski definition) is 4. The third kappa shape index (κ3) is 2.97. The average molecular weight is 261 g/mol. The third-order valence-corrected chi connectivity index (χ3v) is 2.93. The number of ether oxygens (including phenoxy) is 1. The molecular formula is C13H15N3O3. The van der Waals surface area contributed by atoms with Crippen LogP contribution in [-0.2, 0) is 9.53 Å². The van der Waals surface area contributed by atoms with Crippen molar-refractivity contribution < 1.29 is 9.53 Å². The van der Waals surface area contributed by atoms with Crippen molar-refractivity contribution in [3.05, 3.63) is 46.0 Å². The maximum atomic E-state index is 12.1. The lowest BCUT2D eigenvalue weighted by molar-refractivity contribution is -0.113. The summed E-state index contributed by atoms with van der Waals surface area (Å²) in [6.45, 7) is 2.38. The van der Waals surface area contributed by atoms with Crippen LogP contribution in [0.1, 0.15) is 5.56 Å². The molecule has 0 unspecified atom stereocenters. The summed E-state index contributed by atoms with van der Waals surface area (Å²) in [6, 6.07) is 7.47. The first-order valence-corrected chi connectivity index (χ1v) is 5.86. The highest BCUT2D eigenvalue weighted by atomic mass is 16.5. The van der Waals surface area contributed by atoms with Crippen LogP contribution in [0.3, 0.4) is 0 Å². The Morgan fingerprint density at radius 3 is 2.63 bits per heavy atom. The van der Waals surface area contributed by atoms with Crippen LogP contribution in [0.15, 0.2) is 40.8 Å². The first kappa shape index (κ1) is 13.2. The zero-order valence-corrected chi connectivity index (χ0v) is 10.8. The molecule has 0 fully saturated rings.